The summed E-state index contributed by atoms with van der Waals surface area (Å²) in [6.45, 7) is 0.374. The van der Waals surface area contributed by atoms with Crippen LogP contribution in [0.2, 0.25) is 0 Å². The van der Waals surface area contributed by atoms with Gasteiger partial charge in [0.2, 0.25) is 0 Å². The van der Waals surface area contributed by atoms with Crippen molar-refractivity contribution in [1.29, 1.82) is 0 Å². The van der Waals surface area contributed by atoms with Gasteiger partial charge < -0.3 is 10.0 Å². The highest BCUT2D eigenvalue weighted by molar-refractivity contribution is 5.94. The number of likely N-dealkylation sites (N-methyl/N-ethyl adjacent to an activating group) is 1. The normalized spacial score (nSPS) is 15.4. The van der Waals surface area contributed by atoms with Gasteiger partial charge in [-0.25, -0.2) is 0 Å². The highest BCUT2D eigenvalue weighted by Gasteiger charge is 2.31. The number of aliphatic hydroxyl groups is 1. The van der Waals surface area contributed by atoms with E-state index in [0.29, 0.717) is 18.0 Å². The maximum Gasteiger partial charge on any atom is 0.255 e. The summed E-state index contributed by atoms with van der Waals surface area (Å²) in [5, 5.41) is 9.98. The lowest BCUT2D eigenvalue weighted by Crippen LogP contribution is -2.35. The number of carbonyl (C=O) groups is 1. The van der Waals surface area contributed by atoms with E-state index in [1.165, 1.54) is 0 Å². The molecule has 0 bridgehead atoms. The van der Waals surface area contributed by atoms with Crippen molar-refractivity contribution in [3.8, 4) is 11.1 Å². The molecule has 4 heteroatoms. The van der Waals surface area contributed by atoms with Crippen LogP contribution >= 0.6 is 0 Å². The molecule has 0 radical (unpaired) electrons. The molecule has 1 fully saturated rings. The Labute approximate surface area is 130 Å². The third-order valence-corrected chi connectivity index (χ3v) is 4.07. The summed E-state index contributed by atoms with van der Waals surface area (Å²) in [5.41, 5.74) is 2.50. The first-order valence-electron chi connectivity index (χ1n) is 7.59. The number of hydrogen-bond donors (Lipinski definition) is 1. The van der Waals surface area contributed by atoms with Gasteiger partial charge in [-0.15, -0.1) is 0 Å². The number of aromatic nitrogens is 1. The van der Waals surface area contributed by atoms with Gasteiger partial charge in [-0.1, -0.05) is 30.3 Å². The minimum absolute atomic E-state index is 0.106. The van der Waals surface area contributed by atoms with Crippen molar-refractivity contribution < 1.29 is 9.90 Å². The molecule has 1 atom stereocenters. The summed E-state index contributed by atoms with van der Waals surface area (Å²) in [4.78, 5) is 18.2. The fraction of sp³-hybridized carbons (Fsp3) is 0.333. The molecule has 2 aromatic rings. The monoisotopic (exact) mass is 296 g/mol. The van der Waals surface area contributed by atoms with Crippen molar-refractivity contribution in [3.63, 3.8) is 0 Å². The maximum absolute atomic E-state index is 12.5. The van der Waals surface area contributed by atoms with Crippen molar-refractivity contribution in [2.75, 3.05) is 13.6 Å². The lowest BCUT2D eigenvalue weighted by atomic mass is 10.1. The number of rotatable bonds is 5. The van der Waals surface area contributed by atoms with Crippen LogP contribution in [0.3, 0.4) is 0 Å². The van der Waals surface area contributed by atoms with E-state index in [9.17, 15) is 9.90 Å². The lowest BCUT2D eigenvalue weighted by Gasteiger charge is -2.20. The average molecular weight is 296 g/mol. The van der Waals surface area contributed by atoms with Gasteiger partial charge >= 0.3 is 0 Å². The fourth-order valence-corrected chi connectivity index (χ4v) is 2.56. The molecule has 3 rings (SSSR count). The molecule has 1 amide bonds. The van der Waals surface area contributed by atoms with E-state index >= 15 is 0 Å². The molecule has 0 saturated heterocycles. The fourth-order valence-electron chi connectivity index (χ4n) is 2.56. The summed E-state index contributed by atoms with van der Waals surface area (Å²) in [5.74, 6) is 0.258. The van der Waals surface area contributed by atoms with Crippen molar-refractivity contribution >= 4 is 5.91 Å². The molecule has 0 spiro atoms. The number of benzene rings is 1. The Balaban J connectivity index is 1.75. The molecule has 1 unspecified atom stereocenters. The number of hydrogen-bond acceptors (Lipinski definition) is 3. The smallest absolute Gasteiger partial charge is 0.255 e. The number of nitrogens with zero attached hydrogens (tertiary/aromatic N) is 2. The number of amides is 1. The molecule has 1 aliphatic carbocycles. The second-order valence-corrected chi connectivity index (χ2v) is 5.92. The SMILES string of the molecule is CN(CC(O)C1CC1)C(=O)c1cncc(-c2ccccc2)c1. The van der Waals surface area contributed by atoms with Gasteiger partial charge in [0, 0.05) is 31.5 Å². The first-order chi connectivity index (χ1) is 10.6. The molecule has 1 aromatic carbocycles. The second kappa shape index (κ2) is 6.28. The van der Waals surface area contributed by atoms with Gasteiger partial charge in [-0.05, 0) is 30.4 Å². The van der Waals surface area contributed by atoms with Crippen LogP contribution in [0.15, 0.2) is 48.8 Å². The Kier molecular flexibility index (Phi) is 4.20. The summed E-state index contributed by atoms with van der Waals surface area (Å²) in [6.07, 6.45) is 5.04. The highest BCUT2D eigenvalue weighted by Crippen LogP contribution is 2.32. The van der Waals surface area contributed by atoms with Crippen molar-refractivity contribution in [2.24, 2.45) is 5.92 Å². The van der Waals surface area contributed by atoms with Crippen molar-refractivity contribution in [3.05, 3.63) is 54.4 Å². The molecule has 22 heavy (non-hydrogen) atoms. The molecular formula is C18H20N2O2. The number of carbonyl (C=O) groups excluding carboxylic acids is 1. The zero-order chi connectivity index (χ0) is 15.5. The molecule has 1 N–H and O–H groups in total. The molecule has 1 aliphatic rings. The predicted molar refractivity (Wildman–Crippen MR) is 85.4 cm³/mol. The first-order valence-corrected chi connectivity index (χ1v) is 7.59. The summed E-state index contributed by atoms with van der Waals surface area (Å²) in [6, 6.07) is 11.7. The van der Waals surface area contributed by atoms with E-state index in [-0.39, 0.29) is 5.91 Å². The zero-order valence-electron chi connectivity index (χ0n) is 12.6. The predicted octanol–water partition coefficient (Wildman–Crippen LogP) is 2.59. The minimum Gasteiger partial charge on any atom is -0.391 e. The Hall–Kier alpha value is -2.20. The van der Waals surface area contributed by atoms with E-state index < -0.39 is 6.10 Å². The standard InChI is InChI=1S/C18H20N2O2/c1-20(12-17(21)14-7-8-14)18(22)16-9-15(10-19-11-16)13-5-3-2-4-6-13/h2-6,9-11,14,17,21H,7-8,12H2,1H3. The zero-order valence-corrected chi connectivity index (χ0v) is 12.6. The van der Waals surface area contributed by atoms with E-state index in [1.54, 1.807) is 24.3 Å². The van der Waals surface area contributed by atoms with E-state index in [4.69, 9.17) is 0 Å². The second-order valence-electron chi connectivity index (χ2n) is 5.92. The largest absolute Gasteiger partial charge is 0.391 e. The van der Waals surface area contributed by atoms with Crippen LogP contribution in [-0.4, -0.2) is 40.6 Å². The summed E-state index contributed by atoms with van der Waals surface area (Å²) >= 11 is 0. The first kappa shape index (κ1) is 14.7. The number of aliphatic hydroxyl groups excluding tert-OH is 1. The molecule has 1 heterocycles. The lowest BCUT2D eigenvalue weighted by molar-refractivity contribution is 0.0645. The van der Waals surface area contributed by atoms with Gasteiger partial charge in [0.15, 0.2) is 0 Å². The Morgan fingerprint density at radius 1 is 1.27 bits per heavy atom. The quantitative estimate of drug-likeness (QED) is 0.922. The molecule has 1 aromatic heterocycles. The molecule has 0 aliphatic heterocycles. The average Bonchev–Trinajstić information content (AvgIpc) is 3.40. The molecular weight excluding hydrogens is 276 g/mol. The Morgan fingerprint density at radius 3 is 2.68 bits per heavy atom. The van der Waals surface area contributed by atoms with Crippen LogP contribution in [0.5, 0.6) is 0 Å². The van der Waals surface area contributed by atoms with Crippen LogP contribution in [0, 0.1) is 5.92 Å². The van der Waals surface area contributed by atoms with Gasteiger partial charge in [0.05, 0.1) is 11.7 Å². The third kappa shape index (κ3) is 3.34. The van der Waals surface area contributed by atoms with Gasteiger partial charge in [0.1, 0.15) is 0 Å². The Morgan fingerprint density at radius 2 is 2.00 bits per heavy atom. The van der Waals surface area contributed by atoms with Crippen molar-refractivity contribution in [2.45, 2.75) is 18.9 Å². The van der Waals surface area contributed by atoms with Gasteiger partial charge in [-0.3, -0.25) is 9.78 Å². The minimum atomic E-state index is -0.417. The maximum atomic E-state index is 12.5. The third-order valence-electron chi connectivity index (χ3n) is 4.07. The van der Waals surface area contributed by atoms with Crippen LogP contribution in [0.25, 0.3) is 11.1 Å². The van der Waals surface area contributed by atoms with E-state index in [1.807, 2.05) is 36.4 Å². The summed E-state index contributed by atoms with van der Waals surface area (Å²) in [7, 11) is 1.73. The van der Waals surface area contributed by atoms with Gasteiger partial charge in [0.25, 0.3) is 5.91 Å². The summed E-state index contributed by atoms with van der Waals surface area (Å²) < 4.78 is 0. The number of pyridine rings is 1. The topological polar surface area (TPSA) is 53.4 Å². The van der Waals surface area contributed by atoms with Crippen LogP contribution < -0.4 is 0 Å². The molecule has 4 nitrogen and oxygen atoms in total. The molecule has 1 saturated carbocycles. The van der Waals surface area contributed by atoms with E-state index in [2.05, 4.69) is 4.98 Å². The van der Waals surface area contributed by atoms with Crippen LogP contribution in [0.1, 0.15) is 23.2 Å². The Bertz CT molecular complexity index is 653. The van der Waals surface area contributed by atoms with Crippen molar-refractivity contribution in [1.82, 2.24) is 9.88 Å². The highest BCUT2D eigenvalue weighted by atomic mass is 16.3. The molecule has 114 valence electrons. The van der Waals surface area contributed by atoms with E-state index in [0.717, 1.165) is 24.0 Å². The van der Waals surface area contributed by atoms with Crippen LogP contribution in [0.4, 0.5) is 0 Å². The van der Waals surface area contributed by atoms with Gasteiger partial charge in [-0.2, -0.15) is 0 Å². The van der Waals surface area contributed by atoms with Crippen LogP contribution in [-0.2, 0) is 0 Å².